The Morgan fingerprint density at radius 2 is 1.58 bits per heavy atom. The molecule has 3 aromatic rings. The van der Waals surface area contributed by atoms with Crippen molar-refractivity contribution in [1.29, 1.82) is 5.41 Å². The van der Waals surface area contributed by atoms with Crippen molar-refractivity contribution in [3.05, 3.63) is 99.8 Å². The Morgan fingerprint density at radius 3 is 2.16 bits per heavy atom. The van der Waals surface area contributed by atoms with Crippen molar-refractivity contribution in [3.63, 3.8) is 0 Å². The van der Waals surface area contributed by atoms with Crippen molar-refractivity contribution < 1.29 is 37.3 Å². The molecular formula is C33H31F3N2O5. The van der Waals surface area contributed by atoms with Gasteiger partial charge in [0.05, 0.1) is 32.6 Å². The number of alkyl halides is 3. The maximum absolute atomic E-state index is 14.3. The van der Waals surface area contributed by atoms with Crippen molar-refractivity contribution in [1.82, 2.24) is 0 Å². The number of Topliss-reactive ketones (excluding diaryl/α,β-unsaturated/α-hetero) is 1. The standard InChI is InChI=1S/C33H31F3N2O5/c1-18-12-14-19(15-13-18)30(40)29-27(20-16-25(41-2)31(43-4)26(17-20)42-3)28-23(10-7-11-24(28)39)38(32(29)37)22-9-6-5-8-21(22)33(34,35)36/h5-6,8-9,12-17,27,37,40H,7,10-11H2,1-4H3/b30-29+,37-32?/t27-/m1/s1. The lowest BCUT2D eigenvalue weighted by Crippen LogP contribution is -2.43. The van der Waals surface area contributed by atoms with Crippen molar-refractivity contribution in [2.75, 3.05) is 26.2 Å². The molecule has 0 saturated carbocycles. The zero-order valence-electron chi connectivity index (χ0n) is 24.1. The molecule has 0 unspecified atom stereocenters. The number of amidine groups is 1. The number of hydrogen-bond donors (Lipinski definition) is 2. The van der Waals surface area contributed by atoms with E-state index in [4.69, 9.17) is 14.2 Å². The monoisotopic (exact) mass is 592 g/mol. The van der Waals surface area contributed by atoms with Gasteiger partial charge < -0.3 is 19.3 Å². The second-order valence-electron chi connectivity index (χ2n) is 10.4. The summed E-state index contributed by atoms with van der Waals surface area (Å²) in [4.78, 5) is 15.0. The summed E-state index contributed by atoms with van der Waals surface area (Å²) in [7, 11) is 4.33. The first-order valence-corrected chi connectivity index (χ1v) is 13.6. The van der Waals surface area contributed by atoms with Gasteiger partial charge in [-0.3, -0.25) is 15.1 Å². The largest absolute Gasteiger partial charge is 0.507 e. The third-order valence-electron chi connectivity index (χ3n) is 7.81. The van der Waals surface area contributed by atoms with E-state index < -0.39 is 17.7 Å². The number of aliphatic hydroxyl groups excluding tert-OH is 1. The van der Waals surface area contributed by atoms with Gasteiger partial charge in [-0.1, -0.05) is 42.0 Å². The highest BCUT2D eigenvalue weighted by Gasteiger charge is 2.46. The van der Waals surface area contributed by atoms with Crippen molar-refractivity contribution in [2.45, 2.75) is 38.3 Å². The van der Waals surface area contributed by atoms with E-state index in [1.807, 2.05) is 6.92 Å². The average Bonchev–Trinajstić information content (AvgIpc) is 2.99. The van der Waals surface area contributed by atoms with Gasteiger partial charge in [-0.25, -0.2) is 0 Å². The van der Waals surface area contributed by atoms with Crippen molar-refractivity contribution in [3.8, 4) is 17.2 Å². The lowest BCUT2D eigenvalue weighted by molar-refractivity contribution is -0.137. The summed E-state index contributed by atoms with van der Waals surface area (Å²) in [6.45, 7) is 1.88. The van der Waals surface area contributed by atoms with Gasteiger partial charge in [-0.2, -0.15) is 13.2 Å². The molecule has 224 valence electrons. The molecule has 3 aromatic carbocycles. The topological polar surface area (TPSA) is 92.1 Å². The second kappa shape index (κ2) is 11.5. The first kappa shape index (κ1) is 29.8. The SMILES string of the molecule is COc1cc([C@@H]2C3=C(CCCC3=O)N(c3ccccc3C(F)(F)F)C(=N)/C2=C(/O)c2ccc(C)cc2)cc(OC)c1OC. The second-order valence-corrected chi connectivity index (χ2v) is 10.4. The summed E-state index contributed by atoms with van der Waals surface area (Å²) >= 11 is 0. The first-order valence-electron chi connectivity index (χ1n) is 13.6. The number of ketones is 1. The number of hydrogen-bond acceptors (Lipinski definition) is 6. The van der Waals surface area contributed by atoms with Crippen LogP contribution in [0.2, 0.25) is 0 Å². The number of carbonyl (C=O) groups excluding carboxylic acids is 1. The molecule has 5 rings (SSSR count). The van der Waals surface area contributed by atoms with Crippen LogP contribution in [0, 0.1) is 12.3 Å². The number of anilines is 1. The maximum Gasteiger partial charge on any atom is 0.418 e. The number of methoxy groups -OCH3 is 3. The van der Waals surface area contributed by atoms with Crippen LogP contribution in [0.5, 0.6) is 17.2 Å². The van der Waals surface area contributed by atoms with Crippen molar-refractivity contribution >= 4 is 23.1 Å². The van der Waals surface area contributed by atoms with Crippen LogP contribution in [0.25, 0.3) is 5.76 Å². The maximum atomic E-state index is 14.3. The highest BCUT2D eigenvalue weighted by atomic mass is 19.4. The van der Waals surface area contributed by atoms with Crippen LogP contribution >= 0.6 is 0 Å². The van der Waals surface area contributed by atoms with Gasteiger partial charge in [-0.05, 0) is 49.6 Å². The molecule has 1 heterocycles. The Kier molecular flexibility index (Phi) is 7.96. The molecule has 0 spiro atoms. The molecule has 0 bridgehead atoms. The number of halogens is 3. The van der Waals surface area contributed by atoms with Gasteiger partial charge in [0.2, 0.25) is 5.75 Å². The van der Waals surface area contributed by atoms with E-state index >= 15 is 0 Å². The van der Waals surface area contributed by atoms with Crippen LogP contribution in [0.3, 0.4) is 0 Å². The molecule has 7 nitrogen and oxygen atoms in total. The third kappa shape index (κ3) is 5.22. The molecule has 1 atom stereocenters. The Balaban J connectivity index is 1.90. The number of allylic oxidation sites excluding steroid dienone is 2. The molecule has 1 aliphatic carbocycles. The lowest BCUT2D eigenvalue weighted by atomic mass is 9.73. The van der Waals surface area contributed by atoms with Crippen LogP contribution in [0.15, 0.2) is 77.5 Å². The van der Waals surface area contributed by atoms with Crippen LogP contribution in [0.4, 0.5) is 18.9 Å². The summed E-state index contributed by atoms with van der Waals surface area (Å²) in [6.07, 6.45) is -3.90. The number of nitrogens with one attached hydrogen (secondary N) is 1. The van der Waals surface area contributed by atoms with E-state index in [-0.39, 0.29) is 64.2 Å². The van der Waals surface area contributed by atoms with Gasteiger partial charge in [0.25, 0.3) is 0 Å². The molecule has 2 aliphatic rings. The zero-order chi connectivity index (χ0) is 31.1. The Morgan fingerprint density at radius 1 is 0.953 bits per heavy atom. The predicted molar refractivity (Wildman–Crippen MR) is 157 cm³/mol. The summed E-state index contributed by atoms with van der Waals surface area (Å²) in [5.74, 6) is -1.13. The quantitative estimate of drug-likeness (QED) is 0.287. The molecular weight excluding hydrogens is 561 g/mol. The smallest absolute Gasteiger partial charge is 0.418 e. The van der Waals surface area contributed by atoms with Crippen molar-refractivity contribution in [2.24, 2.45) is 0 Å². The fourth-order valence-corrected chi connectivity index (χ4v) is 5.83. The van der Waals surface area contributed by atoms with Gasteiger partial charge in [-0.15, -0.1) is 0 Å². The van der Waals surface area contributed by atoms with Gasteiger partial charge in [0, 0.05) is 34.7 Å². The van der Waals surface area contributed by atoms with E-state index in [9.17, 15) is 28.5 Å². The fraction of sp³-hybridized carbons (Fsp3) is 0.273. The molecule has 43 heavy (non-hydrogen) atoms. The predicted octanol–water partition coefficient (Wildman–Crippen LogP) is 7.60. The summed E-state index contributed by atoms with van der Waals surface area (Å²) in [5, 5.41) is 21.2. The minimum Gasteiger partial charge on any atom is -0.507 e. The number of aryl methyl sites for hydroxylation is 1. The van der Waals surface area contributed by atoms with E-state index in [1.54, 1.807) is 36.4 Å². The minimum absolute atomic E-state index is 0.0240. The number of benzene rings is 3. The molecule has 0 saturated heterocycles. The molecule has 10 heteroatoms. The number of nitrogens with zero attached hydrogens (tertiary/aromatic N) is 1. The van der Waals surface area contributed by atoms with Gasteiger partial charge in [0.1, 0.15) is 11.6 Å². The number of rotatable bonds is 6. The molecule has 0 amide bonds. The van der Waals surface area contributed by atoms with E-state index in [1.165, 1.54) is 44.4 Å². The average molecular weight is 593 g/mol. The van der Waals surface area contributed by atoms with Crippen LogP contribution in [-0.2, 0) is 11.0 Å². The van der Waals surface area contributed by atoms with Crippen LogP contribution in [-0.4, -0.2) is 38.1 Å². The molecule has 0 fully saturated rings. The molecule has 1 aliphatic heterocycles. The Hall–Kier alpha value is -4.73. The van der Waals surface area contributed by atoms with Gasteiger partial charge in [0.15, 0.2) is 17.3 Å². The minimum atomic E-state index is -4.73. The van der Waals surface area contributed by atoms with E-state index in [2.05, 4.69) is 0 Å². The van der Waals surface area contributed by atoms with Crippen LogP contribution in [0.1, 0.15) is 47.4 Å². The highest BCUT2D eigenvalue weighted by Crippen LogP contribution is 2.52. The normalized spacial score (nSPS) is 18.4. The van der Waals surface area contributed by atoms with Gasteiger partial charge >= 0.3 is 6.18 Å². The molecule has 0 radical (unpaired) electrons. The van der Waals surface area contributed by atoms with Crippen LogP contribution < -0.4 is 19.1 Å². The number of para-hydroxylation sites is 1. The summed E-state index contributed by atoms with van der Waals surface area (Å²) in [5.41, 5.74) is 0.946. The summed E-state index contributed by atoms with van der Waals surface area (Å²) < 4.78 is 59.5. The van der Waals surface area contributed by atoms with E-state index in [0.717, 1.165) is 11.6 Å². The summed E-state index contributed by atoms with van der Waals surface area (Å²) in [6, 6.07) is 15.1. The Bertz CT molecular complexity index is 1630. The number of ether oxygens (including phenoxy) is 3. The van der Waals surface area contributed by atoms with E-state index in [0.29, 0.717) is 23.3 Å². The Labute approximate surface area is 247 Å². The zero-order valence-corrected chi connectivity index (χ0v) is 24.1. The third-order valence-corrected chi connectivity index (χ3v) is 7.81. The number of carbonyl (C=O) groups is 1. The first-order chi connectivity index (χ1) is 20.5. The lowest BCUT2D eigenvalue weighted by Gasteiger charge is -2.42. The number of aliphatic hydroxyl groups is 1. The highest BCUT2D eigenvalue weighted by molar-refractivity contribution is 6.20. The molecule has 0 aromatic heterocycles. The molecule has 2 N–H and O–H groups in total. The fourth-order valence-electron chi connectivity index (χ4n) is 5.83.